The normalized spacial score (nSPS) is 31.4. The van der Waals surface area contributed by atoms with Crippen LogP contribution in [0.15, 0.2) is 0 Å². The molecule has 112 valence electrons. The zero-order valence-corrected chi connectivity index (χ0v) is 13.7. The highest BCUT2D eigenvalue weighted by atomic mass is 15.2. The van der Waals surface area contributed by atoms with E-state index in [2.05, 4.69) is 44.8 Å². The van der Waals surface area contributed by atoms with Gasteiger partial charge in [0.05, 0.1) is 0 Å². The molecule has 1 N–H and O–H groups in total. The van der Waals surface area contributed by atoms with Crippen molar-refractivity contribution in [1.29, 1.82) is 0 Å². The highest BCUT2D eigenvalue weighted by Crippen LogP contribution is 2.38. The fraction of sp³-hybridized carbons (Fsp3) is 1.00. The van der Waals surface area contributed by atoms with Gasteiger partial charge in [0, 0.05) is 31.7 Å². The summed E-state index contributed by atoms with van der Waals surface area (Å²) >= 11 is 0. The summed E-state index contributed by atoms with van der Waals surface area (Å²) in [5.41, 5.74) is 0.376. The molecule has 0 amide bonds. The average molecular weight is 266 g/mol. The Bertz CT molecular complexity index is 277. The largest absolute Gasteiger partial charge is 0.311 e. The fourth-order valence-electron chi connectivity index (χ4n) is 3.55. The minimum atomic E-state index is 0.376. The molecule has 1 saturated heterocycles. The third kappa shape index (κ3) is 4.19. The maximum absolute atomic E-state index is 3.82. The van der Waals surface area contributed by atoms with E-state index in [0.717, 1.165) is 17.9 Å². The second-order valence-electron chi connectivity index (χ2n) is 8.08. The Kier molecular flexibility index (Phi) is 4.94. The highest BCUT2D eigenvalue weighted by Gasteiger charge is 2.41. The first kappa shape index (κ1) is 15.3. The van der Waals surface area contributed by atoms with Crippen LogP contribution in [0.2, 0.25) is 0 Å². The predicted molar refractivity (Wildman–Crippen MR) is 83.4 cm³/mol. The standard InChI is InChI=1S/C17H34N2/c1-6-7-13(2)11-19-12-16(17(3,4)5)18-10-15(19)14-8-9-14/h13-16,18H,6-12H2,1-5H3. The van der Waals surface area contributed by atoms with E-state index >= 15 is 0 Å². The lowest BCUT2D eigenvalue weighted by molar-refractivity contribution is 0.0626. The number of hydrogen-bond donors (Lipinski definition) is 1. The van der Waals surface area contributed by atoms with Gasteiger partial charge in [-0.15, -0.1) is 0 Å². The first-order valence-corrected chi connectivity index (χ1v) is 8.39. The summed E-state index contributed by atoms with van der Waals surface area (Å²) in [6.45, 7) is 15.6. The summed E-state index contributed by atoms with van der Waals surface area (Å²) in [5, 5.41) is 3.82. The van der Waals surface area contributed by atoms with Crippen molar-refractivity contribution in [3.63, 3.8) is 0 Å². The first-order chi connectivity index (χ1) is 8.91. The van der Waals surface area contributed by atoms with Crippen molar-refractivity contribution in [2.45, 2.75) is 72.4 Å². The SMILES string of the molecule is CCCC(C)CN1CC(C(C)(C)C)NCC1C1CC1. The molecule has 1 aliphatic carbocycles. The van der Waals surface area contributed by atoms with Crippen molar-refractivity contribution < 1.29 is 0 Å². The molecule has 0 bridgehead atoms. The Morgan fingerprint density at radius 1 is 1.26 bits per heavy atom. The molecule has 0 aromatic carbocycles. The molecule has 2 fully saturated rings. The van der Waals surface area contributed by atoms with E-state index in [1.54, 1.807) is 0 Å². The summed E-state index contributed by atoms with van der Waals surface area (Å²) in [6.07, 6.45) is 5.63. The maximum Gasteiger partial charge on any atom is 0.0249 e. The molecule has 3 atom stereocenters. The molecular weight excluding hydrogens is 232 g/mol. The van der Waals surface area contributed by atoms with E-state index < -0.39 is 0 Å². The van der Waals surface area contributed by atoms with E-state index in [9.17, 15) is 0 Å². The monoisotopic (exact) mass is 266 g/mol. The second-order valence-corrected chi connectivity index (χ2v) is 8.08. The molecule has 1 saturated carbocycles. The molecule has 2 heteroatoms. The van der Waals surface area contributed by atoms with Gasteiger partial charge in [-0.1, -0.05) is 41.0 Å². The van der Waals surface area contributed by atoms with Crippen LogP contribution in [0.5, 0.6) is 0 Å². The van der Waals surface area contributed by atoms with Gasteiger partial charge < -0.3 is 5.32 Å². The molecule has 3 unspecified atom stereocenters. The molecule has 0 spiro atoms. The third-order valence-corrected chi connectivity index (χ3v) is 5.00. The Labute approximate surface area is 120 Å². The van der Waals surface area contributed by atoms with E-state index in [-0.39, 0.29) is 0 Å². The molecule has 1 heterocycles. The van der Waals surface area contributed by atoms with E-state index in [4.69, 9.17) is 0 Å². The first-order valence-electron chi connectivity index (χ1n) is 8.39. The summed E-state index contributed by atoms with van der Waals surface area (Å²) in [7, 11) is 0. The number of nitrogens with zero attached hydrogens (tertiary/aromatic N) is 1. The summed E-state index contributed by atoms with van der Waals surface area (Å²) in [5.74, 6) is 1.84. The van der Waals surface area contributed by atoms with Gasteiger partial charge in [-0.2, -0.15) is 0 Å². The van der Waals surface area contributed by atoms with Crippen LogP contribution in [0.1, 0.15) is 60.3 Å². The van der Waals surface area contributed by atoms with Gasteiger partial charge in [-0.3, -0.25) is 4.90 Å². The molecule has 0 radical (unpaired) electrons. The van der Waals surface area contributed by atoms with Crippen LogP contribution in [0.3, 0.4) is 0 Å². The molecule has 2 aliphatic rings. The van der Waals surface area contributed by atoms with Crippen LogP contribution in [-0.4, -0.2) is 36.6 Å². The van der Waals surface area contributed by atoms with E-state index in [1.165, 1.54) is 45.3 Å². The topological polar surface area (TPSA) is 15.3 Å². The minimum Gasteiger partial charge on any atom is -0.311 e. The summed E-state index contributed by atoms with van der Waals surface area (Å²) in [4.78, 5) is 2.82. The van der Waals surface area contributed by atoms with Gasteiger partial charge in [0.25, 0.3) is 0 Å². The molecule has 0 aromatic heterocycles. The van der Waals surface area contributed by atoms with Crippen molar-refractivity contribution in [3.8, 4) is 0 Å². The van der Waals surface area contributed by atoms with Crippen LogP contribution < -0.4 is 5.32 Å². The van der Waals surface area contributed by atoms with Crippen molar-refractivity contribution >= 4 is 0 Å². The Balaban J connectivity index is 1.96. The van der Waals surface area contributed by atoms with Gasteiger partial charge in [0.1, 0.15) is 0 Å². The van der Waals surface area contributed by atoms with Crippen molar-refractivity contribution in [3.05, 3.63) is 0 Å². The molecule has 19 heavy (non-hydrogen) atoms. The van der Waals surface area contributed by atoms with E-state index in [1.807, 2.05) is 0 Å². The summed E-state index contributed by atoms with van der Waals surface area (Å²) in [6, 6.07) is 1.47. The maximum atomic E-state index is 3.82. The Morgan fingerprint density at radius 3 is 2.47 bits per heavy atom. The van der Waals surface area contributed by atoms with Gasteiger partial charge >= 0.3 is 0 Å². The van der Waals surface area contributed by atoms with Crippen LogP contribution in [-0.2, 0) is 0 Å². The second kappa shape index (κ2) is 6.13. The van der Waals surface area contributed by atoms with Crippen molar-refractivity contribution in [2.75, 3.05) is 19.6 Å². The highest BCUT2D eigenvalue weighted by molar-refractivity contribution is 4.98. The molecule has 2 nitrogen and oxygen atoms in total. The molecule has 0 aromatic rings. The smallest absolute Gasteiger partial charge is 0.0249 e. The quantitative estimate of drug-likeness (QED) is 0.819. The zero-order chi connectivity index (χ0) is 14.0. The average Bonchev–Trinajstić information content (AvgIpc) is 3.12. The lowest BCUT2D eigenvalue weighted by Gasteiger charge is -2.46. The van der Waals surface area contributed by atoms with Crippen LogP contribution in [0.4, 0.5) is 0 Å². The number of hydrogen-bond acceptors (Lipinski definition) is 2. The van der Waals surface area contributed by atoms with Gasteiger partial charge in [-0.25, -0.2) is 0 Å². The van der Waals surface area contributed by atoms with Crippen LogP contribution >= 0.6 is 0 Å². The Morgan fingerprint density at radius 2 is 1.95 bits per heavy atom. The van der Waals surface area contributed by atoms with Crippen molar-refractivity contribution in [2.24, 2.45) is 17.3 Å². The number of nitrogens with one attached hydrogen (secondary N) is 1. The molecular formula is C17H34N2. The Hall–Kier alpha value is -0.0800. The van der Waals surface area contributed by atoms with Gasteiger partial charge in [-0.05, 0) is 36.5 Å². The van der Waals surface area contributed by atoms with Crippen LogP contribution in [0.25, 0.3) is 0 Å². The zero-order valence-electron chi connectivity index (χ0n) is 13.7. The predicted octanol–water partition coefficient (Wildman–Crippen LogP) is 3.52. The minimum absolute atomic E-state index is 0.376. The van der Waals surface area contributed by atoms with Gasteiger partial charge in [0.15, 0.2) is 0 Å². The number of rotatable bonds is 5. The molecule has 2 rings (SSSR count). The molecule has 1 aliphatic heterocycles. The van der Waals surface area contributed by atoms with Crippen LogP contribution in [0, 0.1) is 17.3 Å². The van der Waals surface area contributed by atoms with E-state index in [0.29, 0.717) is 11.5 Å². The van der Waals surface area contributed by atoms with Crippen molar-refractivity contribution in [1.82, 2.24) is 10.2 Å². The third-order valence-electron chi connectivity index (χ3n) is 5.00. The summed E-state index contributed by atoms with van der Waals surface area (Å²) < 4.78 is 0. The van der Waals surface area contributed by atoms with Gasteiger partial charge in [0.2, 0.25) is 0 Å². The number of piperazine rings is 1. The lowest BCUT2D eigenvalue weighted by Crippen LogP contribution is -2.61. The lowest BCUT2D eigenvalue weighted by atomic mass is 9.84. The fourth-order valence-corrected chi connectivity index (χ4v) is 3.55.